The van der Waals surface area contributed by atoms with Crippen molar-refractivity contribution in [2.24, 2.45) is 17.6 Å². The maximum atomic E-state index is 12.2. The van der Waals surface area contributed by atoms with Crippen molar-refractivity contribution in [2.45, 2.75) is 31.4 Å². The first-order chi connectivity index (χ1) is 7.43. The molecular formula is C10H18N2O2S2. The highest BCUT2D eigenvalue weighted by Crippen LogP contribution is 2.39. The summed E-state index contributed by atoms with van der Waals surface area (Å²) < 4.78 is 25.9. The molecule has 2 fully saturated rings. The summed E-state index contributed by atoms with van der Waals surface area (Å²) >= 11 is 4.77. The standard InChI is InChI=1S/C10H18N2O2S2/c1-7(10(11)15)16(13,14)12-5-8-3-2-4-9(8)6-12/h7-9H,2-6H2,1H3,(H2,11,15). The molecule has 0 aromatic carbocycles. The molecule has 2 N–H and O–H groups in total. The third kappa shape index (κ3) is 1.98. The Kier molecular flexibility index (Phi) is 3.25. The van der Waals surface area contributed by atoms with Crippen molar-refractivity contribution in [3.8, 4) is 0 Å². The average molecular weight is 262 g/mol. The van der Waals surface area contributed by atoms with E-state index in [0.29, 0.717) is 24.9 Å². The first kappa shape index (κ1) is 12.3. The van der Waals surface area contributed by atoms with E-state index in [1.165, 1.54) is 6.42 Å². The van der Waals surface area contributed by atoms with Crippen molar-refractivity contribution in [2.75, 3.05) is 13.1 Å². The molecule has 92 valence electrons. The van der Waals surface area contributed by atoms with Gasteiger partial charge in [-0.05, 0) is 31.6 Å². The number of rotatable bonds is 3. The molecule has 0 spiro atoms. The van der Waals surface area contributed by atoms with Crippen LogP contribution in [-0.2, 0) is 10.0 Å². The fraction of sp³-hybridized carbons (Fsp3) is 0.900. The second kappa shape index (κ2) is 4.23. The quantitative estimate of drug-likeness (QED) is 0.761. The van der Waals surface area contributed by atoms with Crippen LogP contribution in [0.5, 0.6) is 0 Å². The van der Waals surface area contributed by atoms with Gasteiger partial charge in [-0.2, -0.15) is 0 Å². The summed E-state index contributed by atoms with van der Waals surface area (Å²) in [5, 5.41) is -0.735. The molecule has 1 saturated heterocycles. The normalized spacial score (nSPS) is 32.6. The molecule has 6 heteroatoms. The lowest BCUT2D eigenvalue weighted by molar-refractivity contribution is 0.443. The Bertz CT molecular complexity index is 382. The minimum atomic E-state index is -3.31. The first-order valence-corrected chi connectivity index (χ1v) is 7.62. The van der Waals surface area contributed by atoms with E-state index >= 15 is 0 Å². The van der Waals surface area contributed by atoms with Crippen LogP contribution in [0.3, 0.4) is 0 Å². The molecule has 16 heavy (non-hydrogen) atoms. The average Bonchev–Trinajstić information content (AvgIpc) is 2.74. The zero-order valence-electron chi connectivity index (χ0n) is 9.43. The van der Waals surface area contributed by atoms with Gasteiger partial charge in [0.2, 0.25) is 10.0 Å². The van der Waals surface area contributed by atoms with Gasteiger partial charge in [-0.25, -0.2) is 12.7 Å². The predicted molar refractivity (Wildman–Crippen MR) is 67.6 cm³/mol. The van der Waals surface area contributed by atoms with Gasteiger partial charge in [0.1, 0.15) is 5.25 Å². The third-order valence-electron chi connectivity index (χ3n) is 3.90. The Morgan fingerprint density at radius 2 is 1.88 bits per heavy atom. The number of nitrogens with two attached hydrogens (primary N) is 1. The highest BCUT2D eigenvalue weighted by molar-refractivity contribution is 7.92. The van der Waals surface area contributed by atoms with E-state index in [9.17, 15) is 8.42 Å². The Hall–Kier alpha value is -0.200. The number of hydrogen-bond donors (Lipinski definition) is 1. The molecule has 1 aliphatic carbocycles. The lowest BCUT2D eigenvalue weighted by atomic mass is 10.0. The van der Waals surface area contributed by atoms with Gasteiger partial charge in [0.25, 0.3) is 0 Å². The van der Waals surface area contributed by atoms with E-state index in [0.717, 1.165) is 12.8 Å². The van der Waals surface area contributed by atoms with Crippen molar-refractivity contribution in [1.82, 2.24) is 4.31 Å². The number of nitrogens with zero attached hydrogens (tertiary/aromatic N) is 1. The number of hydrogen-bond acceptors (Lipinski definition) is 3. The topological polar surface area (TPSA) is 63.4 Å². The Balaban J connectivity index is 2.12. The van der Waals surface area contributed by atoms with Gasteiger partial charge in [-0.15, -0.1) is 0 Å². The van der Waals surface area contributed by atoms with Crippen LogP contribution < -0.4 is 5.73 Å². The van der Waals surface area contributed by atoms with Crippen molar-refractivity contribution in [1.29, 1.82) is 0 Å². The largest absolute Gasteiger partial charge is 0.392 e. The van der Waals surface area contributed by atoms with Crippen LogP contribution in [0, 0.1) is 11.8 Å². The monoisotopic (exact) mass is 262 g/mol. The van der Waals surface area contributed by atoms with Crippen LogP contribution in [0.25, 0.3) is 0 Å². The highest BCUT2D eigenvalue weighted by atomic mass is 32.2. The summed E-state index contributed by atoms with van der Waals surface area (Å²) in [5.41, 5.74) is 5.43. The summed E-state index contributed by atoms with van der Waals surface area (Å²) in [5.74, 6) is 1.13. The maximum Gasteiger partial charge on any atom is 0.223 e. The minimum absolute atomic E-state index is 0.0667. The summed E-state index contributed by atoms with van der Waals surface area (Å²) in [6.07, 6.45) is 3.57. The first-order valence-electron chi connectivity index (χ1n) is 5.71. The van der Waals surface area contributed by atoms with Gasteiger partial charge in [0.15, 0.2) is 0 Å². The van der Waals surface area contributed by atoms with E-state index in [2.05, 4.69) is 0 Å². The van der Waals surface area contributed by atoms with Crippen LogP contribution in [0.2, 0.25) is 0 Å². The minimum Gasteiger partial charge on any atom is -0.392 e. The fourth-order valence-corrected chi connectivity index (χ4v) is 4.67. The number of fused-ring (bicyclic) bond motifs is 1. The highest BCUT2D eigenvalue weighted by Gasteiger charge is 2.42. The molecule has 2 aliphatic rings. The zero-order chi connectivity index (χ0) is 11.9. The molecular weight excluding hydrogens is 244 g/mol. The molecule has 4 nitrogen and oxygen atoms in total. The Morgan fingerprint density at radius 1 is 1.38 bits per heavy atom. The molecule has 0 aromatic rings. The van der Waals surface area contributed by atoms with Gasteiger partial charge in [-0.3, -0.25) is 0 Å². The van der Waals surface area contributed by atoms with E-state index in [-0.39, 0.29) is 4.99 Å². The van der Waals surface area contributed by atoms with E-state index in [1.54, 1.807) is 11.2 Å². The second-order valence-corrected chi connectivity index (χ2v) is 7.58. The SMILES string of the molecule is CC(C(N)=S)S(=O)(=O)N1CC2CCCC2C1. The molecule has 1 aliphatic heterocycles. The van der Waals surface area contributed by atoms with Crippen LogP contribution in [0.15, 0.2) is 0 Å². The summed E-state index contributed by atoms with van der Waals surface area (Å²) in [6.45, 7) is 2.91. The Labute approximate surface area is 102 Å². The van der Waals surface area contributed by atoms with E-state index in [1.807, 2.05) is 0 Å². The lowest BCUT2D eigenvalue weighted by Crippen LogP contribution is -2.42. The summed E-state index contributed by atoms with van der Waals surface area (Å²) in [6, 6.07) is 0. The van der Waals surface area contributed by atoms with Crippen LogP contribution in [-0.4, -0.2) is 36.1 Å². The number of sulfonamides is 1. The van der Waals surface area contributed by atoms with Crippen LogP contribution in [0.4, 0.5) is 0 Å². The number of thiocarbonyl (C=S) groups is 1. The smallest absolute Gasteiger partial charge is 0.223 e. The molecule has 0 bridgehead atoms. The third-order valence-corrected chi connectivity index (χ3v) is 6.57. The van der Waals surface area contributed by atoms with Crippen LogP contribution >= 0.6 is 12.2 Å². The molecule has 3 atom stereocenters. The summed E-state index contributed by atoms with van der Waals surface area (Å²) in [7, 11) is -3.31. The van der Waals surface area contributed by atoms with Crippen molar-refractivity contribution < 1.29 is 8.42 Å². The van der Waals surface area contributed by atoms with E-state index in [4.69, 9.17) is 18.0 Å². The molecule has 0 aromatic heterocycles. The van der Waals surface area contributed by atoms with Crippen molar-refractivity contribution >= 4 is 27.2 Å². The molecule has 0 radical (unpaired) electrons. The second-order valence-electron chi connectivity index (χ2n) is 4.86. The molecule has 3 unspecified atom stereocenters. The van der Waals surface area contributed by atoms with Gasteiger partial charge >= 0.3 is 0 Å². The molecule has 1 heterocycles. The fourth-order valence-electron chi connectivity index (χ4n) is 2.77. The molecule has 1 saturated carbocycles. The van der Waals surface area contributed by atoms with Gasteiger partial charge in [0.05, 0.1) is 4.99 Å². The molecule has 0 amide bonds. The van der Waals surface area contributed by atoms with Crippen LogP contribution in [0.1, 0.15) is 26.2 Å². The zero-order valence-corrected chi connectivity index (χ0v) is 11.1. The summed E-state index contributed by atoms with van der Waals surface area (Å²) in [4.78, 5) is 0.0667. The van der Waals surface area contributed by atoms with Crippen molar-refractivity contribution in [3.63, 3.8) is 0 Å². The lowest BCUT2D eigenvalue weighted by Gasteiger charge is -2.21. The maximum absolute atomic E-state index is 12.2. The van der Waals surface area contributed by atoms with Gasteiger partial charge in [-0.1, -0.05) is 18.6 Å². The predicted octanol–water partition coefficient (Wildman–Crippen LogP) is 0.723. The van der Waals surface area contributed by atoms with E-state index < -0.39 is 15.3 Å². The van der Waals surface area contributed by atoms with Gasteiger partial charge in [0, 0.05) is 13.1 Å². The molecule has 2 rings (SSSR count). The van der Waals surface area contributed by atoms with Crippen molar-refractivity contribution in [3.05, 3.63) is 0 Å². The van der Waals surface area contributed by atoms with Gasteiger partial charge < -0.3 is 5.73 Å². The Morgan fingerprint density at radius 3 is 2.31 bits per heavy atom.